The topological polar surface area (TPSA) is 57.5 Å². The lowest BCUT2D eigenvalue weighted by Gasteiger charge is -2.13. The lowest BCUT2D eigenvalue weighted by atomic mass is 10.0. The smallest absolute Gasteiger partial charge is 0.416 e. The van der Waals surface area contributed by atoms with E-state index in [1.54, 1.807) is 30.3 Å². The van der Waals surface area contributed by atoms with E-state index in [9.17, 15) is 21.6 Å². The lowest BCUT2D eigenvalue weighted by Crippen LogP contribution is -2.12. The molecule has 0 bridgehead atoms. The van der Waals surface area contributed by atoms with Gasteiger partial charge in [-0.2, -0.15) is 21.6 Å². The van der Waals surface area contributed by atoms with E-state index in [0.717, 1.165) is 22.5 Å². The molecule has 0 aliphatic heterocycles. The predicted octanol–water partition coefficient (Wildman–Crippen LogP) is 6.00. The van der Waals surface area contributed by atoms with Crippen LogP contribution in [0.4, 0.5) is 13.2 Å². The van der Waals surface area contributed by atoms with Crippen LogP contribution in [0, 0.1) is 6.92 Å². The summed E-state index contributed by atoms with van der Waals surface area (Å²) < 4.78 is 77.1. The molecule has 0 aliphatic rings. The van der Waals surface area contributed by atoms with Crippen LogP contribution in [0.15, 0.2) is 83.9 Å². The Morgan fingerprint density at radius 3 is 2.40 bits per heavy atom. The van der Waals surface area contributed by atoms with Gasteiger partial charge in [0.05, 0.1) is 29.2 Å². The number of fused-ring (bicyclic) bond motifs is 1. The first kappa shape index (κ1) is 24.8. The zero-order chi connectivity index (χ0) is 25.1. The summed E-state index contributed by atoms with van der Waals surface area (Å²) >= 11 is 0. The summed E-state index contributed by atoms with van der Waals surface area (Å²) in [5.74, 6) is 0.509. The van der Waals surface area contributed by atoms with Gasteiger partial charge in [-0.3, -0.25) is 4.18 Å². The Morgan fingerprint density at radius 2 is 1.66 bits per heavy atom. The van der Waals surface area contributed by atoms with Gasteiger partial charge in [-0.05, 0) is 54.3 Å². The largest absolute Gasteiger partial charge is 0.493 e. The van der Waals surface area contributed by atoms with E-state index < -0.39 is 21.9 Å². The van der Waals surface area contributed by atoms with Gasteiger partial charge in [0.25, 0.3) is 10.1 Å². The fourth-order valence-electron chi connectivity index (χ4n) is 3.76. The minimum absolute atomic E-state index is 0.0562. The highest BCUT2D eigenvalue weighted by molar-refractivity contribution is 7.86. The van der Waals surface area contributed by atoms with E-state index in [4.69, 9.17) is 8.92 Å². The summed E-state index contributed by atoms with van der Waals surface area (Å²) in [6, 6.07) is 19.1. The van der Waals surface area contributed by atoms with Crippen LogP contribution in [0.2, 0.25) is 0 Å². The van der Waals surface area contributed by atoms with Crippen molar-refractivity contribution in [3.05, 3.63) is 95.7 Å². The maximum absolute atomic E-state index is 13.2. The lowest BCUT2D eigenvalue weighted by molar-refractivity contribution is -0.138. The van der Waals surface area contributed by atoms with Gasteiger partial charge in [0.1, 0.15) is 5.75 Å². The molecule has 0 fully saturated rings. The van der Waals surface area contributed by atoms with E-state index >= 15 is 0 Å². The van der Waals surface area contributed by atoms with Crippen LogP contribution in [0.3, 0.4) is 0 Å². The van der Waals surface area contributed by atoms with Crippen molar-refractivity contribution < 1.29 is 30.5 Å². The number of rotatable bonds is 9. The van der Waals surface area contributed by atoms with Crippen molar-refractivity contribution >= 4 is 21.0 Å². The number of benzene rings is 3. The molecule has 0 aliphatic carbocycles. The SMILES string of the molecule is Cc1ccc(S(=O)(=O)OCCn2ccc3ccc(OCCc4ccccc4C(F)(F)F)cc32)cc1. The average molecular weight is 504 g/mol. The number of alkyl halides is 3. The van der Waals surface area contributed by atoms with Gasteiger partial charge < -0.3 is 9.30 Å². The van der Waals surface area contributed by atoms with Gasteiger partial charge >= 0.3 is 6.18 Å². The van der Waals surface area contributed by atoms with Crippen LogP contribution in [0.25, 0.3) is 10.9 Å². The minimum Gasteiger partial charge on any atom is -0.493 e. The summed E-state index contributed by atoms with van der Waals surface area (Å²) in [7, 11) is -3.86. The second kappa shape index (κ2) is 10.1. The molecule has 3 aromatic carbocycles. The molecule has 1 aromatic heterocycles. The molecular formula is C26H24F3NO4S. The fourth-order valence-corrected chi connectivity index (χ4v) is 4.66. The maximum atomic E-state index is 13.2. The zero-order valence-electron chi connectivity index (χ0n) is 19.0. The van der Waals surface area contributed by atoms with E-state index in [2.05, 4.69) is 0 Å². The molecule has 1 heterocycles. The number of nitrogens with zero attached hydrogens (tertiary/aromatic N) is 1. The van der Waals surface area contributed by atoms with Gasteiger partial charge in [-0.1, -0.05) is 35.9 Å². The first-order valence-electron chi connectivity index (χ1n) is 11.0. The van der Waals surface area contributed by atoms with Gasteiger partial charge in [0.15, 0.2) is 0 Å². The Bertz CT molecular complexity index is 1410. The van der Waals surface area contributed by atoms with Crippen molar-refractivity contribution in [1.82, 2.24) is 4.57 Å². The van der Waals surface area contributed by atoms with E-state index in [0.29, 0.717) is 5.75 Å². The molecule has 0 atom stereocenters. The Morgan fingerprint density at radius 1 is 0.914 bits per heavy atom. The first-order chi connectivity index (χ1) is 16.6. The second-order valence-electron chi connectivity index (χ2n) is 8.07. The molecule has 0 saturated carbocycles. The summed E-state index contributed by atoms with van der Waals surface area (Å²) in [5, 5.41) is 0.918. The highest BCUT2D eigenvalue weighted by atomic mass is 32.2. The number of halogens is 3. The van der Waals surface area contributed by atoms with Gasteiger partial charge in [0.2, 0.25) is 0 Å². The summed E-state index contributed by atoms with van der Waals surface area (Å²) in [5.41, 5.74) is 1.27. The monoisotopic (exact) mass is 503 g/mol. The summed E-state index contributed by atoms with van der Waals surface area (Å²) in [6.07, 6.45) is -2.49. The van der Waals surface area contributed by atoms with Crippen molar-refractivity contribution in [2.45, 2.75) is 31.0 Å². The Hall–Kier alpha value is -3.30. The standard InChI is InChI=1S/C26H24F3NO4S/c1-19-6-10-23(11-7-19)35(31,32)34-17-15-30-14-12-21-8-9-22(18-25(21)30)33-16-13-20-4-2-3-5-24(20)26(27,28)29/h2-12,14,18H,13,15-17H2,1H3. The molecule has 0 spiro atoms. The van der Waals surface area contributed by atoms with Crippen LogP contribution >= 0.6 is 0 Å². The highest BCUT2D eigenvalue weighted by Crippen LogP contribution is 2.32. The molecule has 0 saturated heterocycles. The first-order valence-corrected chi connectivity index (χ1v) is 12.4. The third-order valence-electron chi connectivity index (χ3n) is 5.59. The Balaban J connectivity index is 1.39. The van der Waals surface area contributed by atoms with Crippen LogP contribution < -0.4 is 4.74 Å². The van der Waals surface area contributed by atoms with E-state index in [-0.39, 0.29) is 36.6 Å². The maximum Gasteiger partial charge on any atom is 0.416 e. The van der Waals surface area contributed by atoms with Crippen molar-refractivity contribution in [3.8, 4) is 5.75 Å². The number of hydrogen-bond acceptors (Lipinski definition) is 4. The molecule has 0 unspecified atom stereocenters. The fraction of sp³-hybridized carbons (Fsp3) is 0.231. The number of aryl methyl sites for hydroxylation is 1. The Labute approximate surface area is 201 Å². The van der Waals surface area contributed by atoms with Gasteiger partial charge in [-0.15, -0.1) is 0 Å². The number of ether oxygens (including phenoxy) is 1. The molecule has 5 nitrogen and oxygen atoms in total. The van der Waals surface area contributed by atoms with Crippen LogP contribution in [-0.2, 0) is 33.4 Å². The van der Waals surface area contributed by atoms with Crippen molar-refractivity contribution in [1.29, 1.82) is 0 Å². The molecule has 4 aromatic rings. The third kappa shape index (κ3) is 6.04. The van der Waals surface area contributed by atoms with Gasteiger partial charge in [-0.25, -0.2) is 0 Å². The highest BCUT2D eigenvalue weighted by Gasteiger charge is 2.32. The molecule has 184 valence electrons. The molecular weight excluding hydrogens is 479 g/mol. The molecule has 0 N–H and O–H groups in total. The molecule has 35 heavy (non-hydrogen) atoms. The average Bonchev–Trinajstić information content (AvgIpc) is 3.21. The molecule has 0 amide bonds. The van der Waals surface area contributed by atoms with Crippen LogP contribution in [0.1, 0.15) is 16.7 Å². The molecule has 9 heteroatoms. The van der Waals surface area contributed by atoms with E-state index in [1.165, 1.54) is 24.3 Å². The molecule has 0 radical (unpaired) electrons. The third-order valence-corrected chi connectivity index (χ3v) is 6.92. The number of hydrogen-bond donors (Lipinski definition) is 0. The second-order valence-corrected chi connectivity index (χ2v) is 9.69. The Kier molecular flexibility index (Phi) is 7.18. The van der Waals surface area contributed by atoms with E-state index in [1.807, 2.05) is 29.8 Å². The van der Waals surface area contributed by atoms with Crippen LogP contribution in [-0.4, -0.2) is 26.2 Å². The van der Waals surface area contributed by atoms with Crippen molar-refractivity contribution in [2.75, 3.05) is 13.2 Å². The molecule has 4 rings (SSSR count). The quantitative estimate of drug-likeness (QED) is 0.263. The zero-order valence-corrected chi connectivity index (χ0v) is 19.8. The minimum atomic E-state index is -4.41. The normalized spacial score (nSPS) is 12.2. The van der Waals surface area contributed by atoms with Crippen LogP contribution in [0.5, 0.6) is 5.75 Å². The summed E-state index contributed by atoms with van der Waals surface area (Å²) in [6.45, 7) is 2.18. The van der Waals surface area contributed by atoms with Crippen molar-refractivity contribution in [2.24, 2.45) is 0 Å². The van der Waals surface area contributed by atoms with Crippen molar-refractivity contribution in [3.63, 3.8) is 0 Å². The number of aromatic nitrogens is 1. The predicted molar refractivity (Wildman–Crippen MR) is 127 cm³/mol. The van der Waals surface area contributed by atoms with Gasteiger partial charge in [0, 0.05) is 25.2 Å². The summed E-state index contributed by atoms with van der Waals surface area (Å²) in [4.78, 5) is 0.100.